The Kier molecular flexibility index (Phi) is 9.15. The van der Waals surface area contributed by atoms with Gasteiger partial charge < -0.3 is 4.90 Å². The predicted molar refractivity (Wildman–Crippen MR) is 170 cm³/mol. The normalized spacial score (nSPS) is 14.3. The molecule has 1 aliphatic rings. The van der Waals surface area contributed by atoms with Gasteiger partial charge in [-0.25, -0.2) is 8.42 Å². The van der Waals surface area contributed by atoms with Crippen LogP contribution in [0.15, 0.2) is 107 Å². The van der Waals surface area contributed by atoms with Gasteiger partial charge in [-0.15, -0.1) is 0 Å². The van der Waals surface area contributed by atoms with E-state index in [0.29, 0.717) is 30.0 Å². The molecular formula is C34H36N4O3S. The molecule has 0 spiro atoms. The number of piperazine rings is 1. The van der Waals surface area contributed by atoms with E-state index in [2.05, 4.69) is 45.8 Å². The van der Waals surface area contributed by atoms with Gasteiger partial charge in [-0.3, -0.25) is 19.4 Å². The van der Waals surface area contributed by atoms with Gasteiger partial charge >= 0.3 is 0 Å². The van der Waals surface area contributed by atoms with Crippen LogP contribution in [0.25, 0.3) is 11.1 Å². The van der Waals surface area contributed by atoms with Gasteiger partial charge in [0.05, 0.1) is 5.69 Å². The standard InChI is InChI=1S/C34H36N4O3S/c1-3-26-11-8-9-14-29(26)25-37-21-23-38(24-22-37)34(39)28-17-19-30(20-18-28)36-42(40,41)32-16-10-15-31(33(32)35-4-2)27-12-6-5-7-13-27/h4-20,36H,3,21-25H2,1-2H3. The average molecular weight is 581 g/mol. The van der Waals surface area contributed by atoms with Crippen LogP contribution in [0.4, 0.5) is 11.4 Å². The maximum atomic E-state index is 13.5. The summed E-state index contributed by atoms with van der Waals surface area (Å²) in [5, 5.41) is 0. The number of carbonyl (C=O) groups is 1. The fourth-order valence-electron chi connectivity index (χ4n) is 5.33. The van der Waals surface area contributed by atoms with Crippen molar-refractivity contribution >= 4 is 33.5 Å². The third-order valence-corrected chi connectivity index (χ3v) is 8.98. The third-order valence-electron chi connectivity index (χ3n) is 7.57. The fourth-order valence-corrected chi connectivity index (χ4v) is 6.56. The molecule has 4 aromatic carbocycles. The molecule has 216 valence electrons. The Morgan fingerprint density at radius 2 is 1.50 bits per heavy atom. The number of nitrogens with zero attached hydrogens (tertiary/aromatic N) is 3. The topological polar surface area (TPSA) is 82.1 Å². The molecule has 0 unspecified atom stereocenters. The predicted octanol–water partition coefficient (Wildman–Crippen LogP) is 6.40. The molecular weight excluding hydrogens is 544 g/mol. The summed E-state index contributed by atoms with van der Waals surface area (Å²) in [6, 6.07) is 29.8. The van der Waals surface area contributed by atoms with Crippen molar-refractivity contribution < 1.29 is 13.2 Å². The van der Waals surface area contributed by atoms with Crippen molar-refractivity contribution in [3.63, 3.8) is 0 Å². The summed E-state index contributed by atoms with van der Waals surface area (Å²) in [6.45, 7) is 7.75. The summed E-state index contributed by atoms with van der Waals surface area (Å²) < 4.78 is 29.6. The second-order valence-electron chi connectivity index (χ2n) is 10.3. The molecule has 42 heavy (non-hydrogen) atoms. The van der Waals surface area contributed by atoms with Crippen LogP contribution >= 0.6 is 0 Å². The van der Waals surface area contributed by atoms with Crippen molar-refractivity contribution in [1.29, 1.82) is 0 Å². The number of nitrogens with one attached hydrogen (secondary N) is 1. The quantitative estimate of drug-likeness (QED) is 0.232. The first-order valence-electron chi connectivity index (χ1n) is 14.3. The zero-order chi connectivity index (χ0) is 29.5. The summed E-state index contributed by atoms with van der Waals surface area (Å²) in [7, 11) is -3.95. The number of amides is 1. The van der Waals surface area contributed by atoms with Crippen LogP contribution in [0, 0.1) is 0 Å². The largest absolute Gasteiger partial charge is 0.336 e. The van der Waals surface area contributed by atoms with Crippen molar-refractivity contribution in [3.05, 3.63) is 114 Å². The molecule has 0 atom stereocenters. The van der Waals surface area contributed by atoms with Gasteiger partial charge in [0.15, 0.2) is 0 Å². The number of aliphatic imine (C=N–C) groups is 1. The Balaban J connectivity index is 1.25. The van der Waals surface area contributed by atoms with Crippen molar-refractivity contribution in [2.24, 2.45) is 4.99 Å². The van der Waals surface area contributed by atoms with E-state index in [1.807, 2.05) is 41.3 Å². The van der Waals surface area contributed by atoms with Crippen molar-refractivity contribution in [2.45, 2.75) is 31.7 Å². The highest BCUT2D eigenvalue weighted by atomic mass is 32.2. The summed E-state index contributed by atoms with van der Waals surface area (Å²) >= 11 is 0. The Morgan fingerprint density at radius 1 is 0.833 bits per heavy atom. The lowest BCUT2D eigenvalue weighted by molar-refractivity contribution is 0.0628. The monoisotopic (exact) mass is 580 g/mol. The van der Waals surface area contributed by atoms with E-state index in [4.69, 9.17) is 0 Å². The number of hydrogen-bond donors (Lipinski definition) is 1. The van der Waals surface area contributed by atoms with E-state index in [1.54, 1.807) is 49.5 Å². The molecule has 1 amide bonds. The Morgan fingerprint density at radius 3 is 2.17 bits per heavy atom. The zero-order valence-corrected chi connectivity index (χ0v) is 24.8. The van der Waals surface area contributed by atoms with E-state index in [0.717, 1.165) is 37.2 Å². The zero-order valence-electron chi connectivity index (χ0n) is 24.0. The summed E-state index contributed by atoms with van der Waals surface area (Å²) in [6.07, 6.45) is 2.60. The first-order valence-corrected chi connectivity index (χ1v) is 15.8. The smallest absolute Gasteiger partial charge is 0.264 e. The minimum Gasteiger partial charge on any atom is -0.336 e. The van der Waals surface area contributed by atoms with Gasteiger partial charge in [0.2, 0.25) is 0 Å². The van der Waals surface area contributed by atoms with Crippen molar-refractivity contribution in [1.82, 2.24) is 9.80 Å². The number of hydrogen-bond acceptors (Lipinski definition) is 5. The van der Waals surface area contributed by atoms with Crippen molar-refractivity contribution in [3.8, 4) is 11.1 Å². The molecule has 1 fully saturated rings. The maximum absolute atomic E-state index is 13.5. The van der Waals surface area contributed by atoms with Gasteiger partial charge in [0, 0.05) is 55.8 Å². The Labute approximate surface area is 248 Å². The molecule has 5 rings (SSSR count). The lowest BCUT2D eigenvalue weighted by Gasteiger charge is -2.35. The minimum atomic E-state index is -3.95. The summed E-state index contributed by atoms with van der Waals surface area (Å²) in [5.41, 5.74) is 5.61. The van der Waals surface area contributed by atoms with Gasteiger partial charge in [0.25, 0.3) is 15.9 Å². The summed E-state index contributed by atoms with van der Waals surface area (Å²) in [5.74, 6) is -0.0480. The summed E-state index contributed by atoms with van der Waals surface area (Å²) in [4.78, 5) is 22.0. The molecule has 0 aliphatic carbocycles. The SMILES string of the molecule is CC=Nc1c(-c2ccccc2)cccc1S(=O)(=O)Nc1ccc(C(=O)N2CCN(Cc3ccccc3CC)CC2)cc1. The van der Waals surface area contributed by atoms with Gasteiger partial charge in [0.1, 0.15) is 4.90 Å². The first-order chi connectivity index (χ1) is 20.4. The van der Waals surface area contributed by atoms with Crippen LogP contribution in [0.2, 0.25) is 0 Å². The van der Waals surface area contributed by atoms with E-state index in [9.17, 15) is 13.2 Å². The number of carbonyl (C=O) groups excluding carboxylic acids is 1. The molecule has 0 aromatic heterocycles. The van der Waals surface area contributed by atoms with E-state index < -0.39 is 10.0 Å². The van der Waals surface area contributed by atoms with E-state index >= 15 is 0 Å². The highest BCUT2D eigenvalue weighted by Crippen LogP contribution is 2.36. The molecule has 4 aromatic rings. The van der Waals surface area contributed by atoms with Crippen LogP contribution in [-0.4, -0.2) is 56.5 Å². The van der Waals surface area contributed by atoms with Crippen LogP contribution in [0.5, 0.6) is 0 Å². The average Bonchev–Trinajstić information content (AvgIpc) is 3.02. The maximum Gasteiger partial charge on any atom is 0.264 e. The van der Waals surface area contributed by atoms with Gasteiger partial charge in [-0.1, -0.05) is 73.7 Å². The number of benzene rings is 4. The van der Waals surface area contributed by atoms with Gasteiger partial charge in [-0.2, -0.15) is 0 Å². The molecule has 0 radical (unpaired) electrons. The number of para-hydroxylation sites is 1. The second kappa shape index (κ2) is 13.1. The number of sulfonamides is 1. The fraction of sp³-hybridized carbons (Fsp3) is 0.235. The van der Waals surface area contributed by atoms with Gasteiger partial charge in [-0.05, 0) is 60.4 Å². The minimum absolute atomic E-state index is 0.0480. The third kappa shape index (κ3) is 6.61. The molecule has 1 N–H and O–H groups in total. The molecule has 0 bridgehead atoms. The molecule has 8 heteroatoms. The number of aryl methyl sites for hydroxylation is 1. The molecule has 1 saturated heterocycles. The highest BCUT2D eigenvalue weighted by Gasteiger charge is 2.24. The first kappa shape index (κ1) is 29.2. The van der Waals surface area contributed by atoms with Crippen LogP contribution < -0.4 is 4.72 Å². The molecule has 1 heterocycles. The Hall–Kier alpha value is -4.27. The van der Waals surface area contributed by atoms with Crippen LogP contribution in [-0.2, 0) is 23.0 Å². The lowest BCUT2D eigenvalue weighted by atomic mass is 10.0. The second-order valence-corrected chi connectivity index (χ2v) is 11.9. The molecule has 1 aliphatic heterocycles. The number of anilines is 1. The molecule has 7 nitrogen and oxygen atoms in total. The highest BCUT2D eigenvalue weighted by molar-refractivity contribution is 7.92. The Bertz CT molecular complexity index is 1660. The lowest BCUT2D eigenvalue weighted by Crippen LogP contribution is -2.48. The van der Waals surface area contributed by atoms with Crippen molar-refractivity contribution in [2.75, 3.05) is 30.9 Å². The number of rotatable bonds is 9. The molecule has 0 saturated carbocycles. The van der Waals surface area contributed by atoms with E-state index in [1.165, 1.54) is 11.1 Å². The van der Waals surface area contributed by atoms with Crippen LogP contribution in [0.1, 0.15) is 35.3 Å². The van der Waals surface area contributed by atoms with Crippen LogP contribution in [0.3, 0.4) is 0 Å². The van der Waals surface area contributed by atoms with E-state index in [-0.39, 0.29) is 10.8 Å².